The van der Waals surface area contributed by atoms with Gasteiger partial charge in [0.05, 0.1) is 28.0 Å². The predicted molar refractivity (Wildman–Crippen MR) is 104 cm³/mol. The van der Waals surface area contributed by atoms with Gasteiger partial charge in [0.2, 0.25) is 0 Å². The molecule has 2 N–H and O–H groups in total. The highest BCUT2D eigenvalue weighted by atomic mass is 19.1. The van der Waals surface area contributed by atoms with Gasteiger partial charge in [0.25, 0.3) is 5.56 Å². The van der Waals surface area contributed by atoms with Crippen molar-refractivity contribution in [1.82, 2.24) is 13.7 Å². The third-order valence-corrected chi connectivity index (χ3v) is 4.75. The number of benzene rings is 2. The van der Waals surface area contributed by atoms with Crippen LogP contribution in [0.3, 0.4) is 0 Å². The first kappa shape index (κ1) is 16.8. The number of hydrogen-bond acceptors (Lipinski definition) is 3. The summed E-state index contributed by atoms with van der Waals surface area (Å²) < 4.78 is 17.7. The number of para-hydroxylation sites is 2. The maximum Gasteiger partial charge on any atom is 0.330 e. The lowest BCUT2D eigenvalue weighted by molar-refractivity contribution is 0.628. The largest absolute Gasteiger partial charge is 0.397 e. The highest BCUT2D eigenvalue weighted by Crippen LogP contribution is 2.32. The summed E-state index contributed by atoms with van der Waals surface area (Å²) in [5.74, 6) is -0.374. The van der Waals surface area contributed by atoms with Crippen LogP contribution in [0.15, 0.2) is 64.3 Å². The van der Waals surface area contributed by atoms with Crippen molar-refractivity contribution in [3.63, 3.8) is 0 Å². The Hall–Kier alpha value is -3.61. The first-order valence-corrected chi connectivity index (χ1v) is 8.32. The molecule has 2 heterocycles. The molecule has 0 aliphatic carbocycles. The summed E-state index contributed by atoms with van der Waals surface area (Å²) in [6, 6.07) is 13.1. The van der Waals surface area contributed by atoms with Gasteiger partial charge in [-0.25, -0.2) is 9.18 Å². The smallest absolute Gasteiger partial charge is 0.330 e. The topological polar surface area (TPSA) is 75.0 Å². The average Bonchev–Trinajstić information content (AvgIpc) is 3.06. The fourth-order valence-electron chi connectivity index (χ4n) is 3.33. The zero-order chi connectivity index (χ0) is 19.3. The van der Waals surface area contributed by atoms with Crippen LogP contribution in [0.5, 0.6) is 0 Å². The zero-order valence-corrected chi connectivity index (χ0v) is 14.8. The summed E-state index contributed by atoms with van der Waals surface area (Å²) in [7, 11) is 3.05. The molecule has 2 aromatic heterocycles. The average molecular weight is 364 g/mol. The van der Waals surface area contributed by atoms with E-state index in [4.69, 9.17) is 5.73 Å². The monoisotopic (exact) mass is 364 g/mol. The fraction of sp³-hybridized carbons (Fsp3) is 0.100. The second kappa shape index (κ2) is 5.98. The van der Waals surface area contributed by atoms with E-state index in [0.29, 0.717) is 33.5 Å². The lowest BCUT2D eigenvalue weighted by Crippen LogP contribution is -2.36. The normalized spacial score (nSPS) is 11.2. The standard InChI is InChI=1S/C20H17FN4O2/c1-23-16-11-25(15-6-4-3-5-14(15)22)18(12-7-9-13(21)10-8-12)17(16)19(26)24(2)20(23)27/h3-11H,22H2,1-2H3. The lowest BCUT2D eigenvalue weighted by Gasteiger charge is -2.12. The van der Waals surface area contributed by atoms with E-state index in [1.54, 1.807) is 36.0 Å². The van der Waals surface area contributed by atoms with Crippen molar-refractivity contribution in [1.29, 1.82) is 0 Å². The van der Waals surface area contributed by atoms with Gasteiger partial charge in [-0.15, -0.1) is 0 Å². The minimum atomic E-state index is -0.420. The van der Waals surface area contributed by atoms with Gasteiger partial charge in [-0.3, -0.25) is 13.9 Å². The van der Waals surface area contributed by atoms with Gasteiger partial charge in [0, 0.05) is 20.3 Å². The van der Waals surface area contributed by atoms with Gasteiger partial charge in [-0.1, -0.05) is 12.1 Å². The maximum atomic E-state index is 13.5. The molecule has 2 aromatic carbocycles. The Morgan fingerprint density at radius 2 is 1.59 bits per heavy atom. The number of aryl methyl sites for hydroxylation is 1. The molecule has 7 heteroatoms. The summed E-state index contributed by atoms with van der Waals surface area (Å²) in [4.78, 5) is 25.3. The molecule has 0 unspecified atom stereocenters. The lowest BCUT2D eigenvalue weighted by atomic mass is 10.1. The molecule has 0 aliphatic heterocycles. The number of halogens is 1. The van der Waals surface area contributed by atoms with Crippen LogP contribution < -0.4 is 17.0 Å². The third-order valence-electron chi connectivity index (χ3n) is 4.75. The Balaban J connectivity index is 2.23. The van der Waals surface area contributed by atoms with Crippen LogP contribution in [0.1, 0.15) is 0 Å². The minimum absolute atomic E-state index is 0.370. The Morgan fingerprint density at radius 1 is 0.926 bits per heavy atom. The van der Waals surface area contributed by atoms with E-state index in [1.165, 1.54) is 23.7 Å². The first-order valence-electron chi connectivity index (χ1n) is 8.32. The highest BCUT2D eigenvalue weighted by molar-refractivity contribution is 5.95. The van der Waals surface area contributed by atoms with Crippen molar-refractivity contribution in [3.8, 4) is 16.9 Å². The third kappa shape index (κ3) is 2.47. The van der Waals surface area contributed by atoms with E-state index in [-0.39, 0.29) is 5.82 Å². The number of nitrogens with zero attached hydrogens (tertiary/aromatic N) is 3. The molecule has 0 aliphatic rings. The number of nitrogens with two attached hydrogens (primary N) is 1. The molecule has 0 fully saturated rings. The SMILES string of the molecule is Cn1c(=O)c2c(-c3ccc(F)cc3)n(-c3ccccc3N)cc2n(C)c1=O. The number of rotatable bonds is 2. The predicted octanol–water partition coefficient (Wildman–Crippen LogP) is 2.42. The highest BCUT2D eigenvalue weighted by Gasteiger charge is 2.20. The summed E-state index contributed by atoms with van der Waals surface area (Å²) in [5, 5.41) is 0.370. The maximum absolute atomic E-state index is 13.5. The molecule has 0 spiro atoms. The van der Waals surface area contributed by atoms with Gasteiger partial charge in [-0.2, -0.15) is 0 Å². The van der Waals surface area contributed by atoms with Gasteiger partial charge in [-0.05, 0) is 42.0 Å². The zero-order valence-electron chi connectivity index (χ0n) is 14.8. The van der Waals surface area contributed by atoms with Crippen molar-refractivity contribution in [3.05, 3.63) is 81.4 Å². The van der Waals surface area contributed by atoms with Crippen molar-refractivity contribution in [2.75, 3.05) is 5.73 Å². The van der Waals surface area contributed by atoms with E-state index in [2.05, 4.69) is 0 Å². The molecule has 6 nitrogen and oxygen atoms in total. The van der Waals surface area contributed by atoms with Crippen molar-refractivity contribution in [2.45, 2.75) is 0 Å². The molecule has 0 amide bonds. The number of hydrogen-bond donors (Lipinski definition) is 1. The van der Waals surface area contributed by atoms with E-state index in [0.717, 1.165) is 4.57 Å². The molecule has 27 heavy (non-hydrogen) atoms. The Morgan fingerprint density at radius 3 is 2.26 bits per heavy atom. The second-order valence-corrected chi connectivity index (χ2v) is 6.38. The van der Waals surface area contributed by atoms with Crippen LogP contribution in [0.2, 0.25) is 0 Å². The van der Waals surface area contributed by atoms with Gasteiger partial charge < -0.3 is 10.3 Å². The molecular weight excluding hydrogens is 347 g/mol. The van der Waals surface area contributed by atoms with Crippen LogP contribution in [-0.4, -0.2) is 13.7 Å². The summed E-state index contributed by atoms with van der Waals surface area (Å²) in [5.41, 5.74) is 8.17. The molecule has 136 valence electrons. The van der Waals surface area contributed by atoms with Gasteiger partial charge >= 0.3 is 5.69 Å². The van der Waals surface area contributed by atoms with Crippen LogP contribution in [0.4, 0.5) is 10.1 Å². The summed E-state index contributed by atoms with van der Waals surface area (Å²) in [6.07, 6.45) is 1.71. The van der Waals surface area contributed by atoms with Crippen LogP contribution in [0, 0.1) is 5.82 Å². The Kier molecular flexibility index (Phi) is 3.73. The molecule has 4 rings (SSSR count). The number of aromatic nitrogens is 3. The van der Waals surface area contributed by atoms with E-state index in [1.807, 2.05) is 18.2 Å². The van der Waals surface area contributed by atoms with Gasteiger partial charge in [0.1, 0.15) is 5.82 Å². The Labute approximate surface area is 153 Å². The molecule has 0 saturated heterocycles. The van der Waals surface area contributed by atoms with E-state index < -0.39 is 11.2 Å². The fourth-order valence-corrected chi connectivity index (χ4v) is 3.33. The Bertz CT molecular complexity index is 1300. The van der Waals surface area contributed by atoms with Crippen molar-refractivity contribution in [2.24, 2.45) is 14.1 Å². The molecular formula is C20H17FN4O2. The van der Waals surface area contributed by atoms with Crippen molar-refractivity contribution < 1.29 is 4.39 Å². The first-order chi connectivity index (χ1) is 12.9. The van der Waals surface area contributed by atoms with Gasteiger partial charge in [0.15, 0.2) is 0 Å². The molecule has 0 atom stereocenters. The number of nitrogen functional groups attached to an aromatic ring is 1. The summed E-state index contributed by atoms with van der Waals surface area (Å²) >= 11 is 0. The summed E-state index contributed by atoms with van der Waals surface area (Å²) in [6.45, 7) is 0. The van der Waals surface area contributed by atoms with Crippen LogP contribution in [0.25, 0.3) is 27.8 Å². The molecule has 4 aromatic rings. The van der Waals surface area contributed by atoms with Crippen LogP contribution in [-0.2, 0) is 14.1 Å². The number of fused-ring (bicyclic) bond motifs is 1. The van der Waals surface area contributed by atoms with E-state index >= 15 is 0 Å². The molecule has 0 radical (unpaired) electrons. The number of anilines is 1. The minimum Gasteiger partial charge on any atom is -0.397 e. The quantitative estimate of drug-likeness (QED) is 0.555. The molecule has 0 saturated carbocycles. The van der Waals surface area contributed by atoms with Crippen molar-refractivity contribution >= 4 is 16.6 Å². The molecule has 0 bridgehead atoms. The second-order valence-electron chi connectivity index (χ2n) is 6.38. The van der Waals surface area contributed by atoms with Crippen LogP contribution >= 0.6 is 0 Å². The van der Waals surface area contributed by atoms with E-state index in [9.17, 15) is 14.0 Å².